The first kappa shape index (κ1) is 10.2. The molecule has 6 nitrogen and oxygen atoms in total. The summed E-state index contributed by atoms with van der Waals surface area (Å²) in [6.45, 7) is 3.58. The van der Waals surface area contributed by atoms with Crippen LogP contribution in [0.15, 0.2) is 17.8 Å². The summed E-state index contributed by atoms with van der Waals surface area (Å²) in [5.74, 6) is -0.885. The molecule has 1 unspecified atom stereocenters. The number of primary amides is 1. The van der Waals surface area contributed by atoms with Crippen molar-refractivity contribution in [2.24, 2.45) is 10.9 Å². The Kier molecular flexibility index (Phi) is 3.22. The normalized spacial score (nSPS) is 19.4. The predicted molar refractivity (Wildman–Crippen MR) is 49.3 cm³/mol. The Morgan fingerprint density at radius 2 is 2.50 bits per heavy atom. The molecule has 0 saturated heterocycles. The van der Waals surface area contributed by atoms with Gasteiger partial charge in [0.1, 0.15) is 5.71 Å². The highest BCUT2D eigenvalue weighted by molar-refractivity contribution is 6.38. The fourth-order valence-electron chi connectivity index (χ4n) is 0.970. The van der Waals surface area contributed by atoms with Gasteiger partial charge in [-0.15, -0.1) is 0 Å². The van der Waals surface area contributed by atoms with Crippen molar-refractivity contribution in [1.82, 2.24) is 5.32 Å². The van der Waals surface area contributed by atoms with Gasteiger partial charge in [-0.25, -0.2) is 0 Å². The first-order chi connectivity index (χ1) is 6.63. The van der Waals surface area contributed by atoms with Gasteiger partial charge in [-0.2, -0.15) is 0 Å². The highest BCUT2D eigenvalue weighted by Crippen LogP contribution is 2.08. The number of nitrogens with one attached hydrogen (secondary N) is 1. The number of carbonyl (C=O) groups is 2. The Hall–Kier alpha value is -1.85. The van der Waals surface area contributed by atoms with Crippen LogP contribution in [0.1, 0.15) is 6.42 Å². The summed E-state index contributed by atoms with van der Waals surface area (Å²) >= 11 is 0. The minimum absolute atomic E-state index is 0.197. The maximum absolute atomic E-state index is 10.8. The smallest absolute Gasteiger partial charge is 0.266 e. The molecule has 0 spiro atoms. The molecule has 0 fully saturated rings. The van der Waals surface area contributed by atoms with E-state index in [1.807, 2.05) is 0 Å². The largest absolute Gasteiger partial charge is 0.390 e. The third kappa shape index (κ3) is 2.58. The highest BCUT2D eigenvalue weighted by Gasteiger charge is 2.24. The number of amides is 2. The molecule has 2 amide bonds. The van der Waals surface area contributed by atoms with Gasteiger partial charge < -0.3 is 15.9 Å². The fraction of sp³-hybridized carbons (Fsp3) is 0.375. The summed E-state index contributed by atoms with van der Waals surface area (Å²) in [7, 11) is 0. The van der Waals surface area contributed by atoms with Crippen LogP contribution in [0.5, 0.6) is 0 Å². The monoisotopic (exact) mass is 197 g/mol. The molecule has 1 aliphatic rings. The van der Waals surface area contributed by atoms with Crippen molar-refractivity contribution in [2.75, 3.05) is 6.54 Å². The molecule has 0 aliphatic carbocycles. The summed E-state index contributed by atoms with van der Waals surface area (Å²) in [5.41, 5.74) is 5.19. The minimum Gasteiger partial charge on any atom is -0.390 e. The molecule has 0 saturated carbocycles. The number of nitrogens with zero attached hydrogens (tertiary/aromatic N) is 1. The summed E-state index contributed by atoms with van der Waals surface area (Å²) in [6.07, 6.45) is 1.17. The average Bonchev–Trinajstić information content (AvgIpc) is 2.62. The Morgan fingerprint density at radius 1 is 1.79 bits per heavy atom. The lowest BCUT2D eigenvalue weighted by atomic mass is 10.2. The zero-order valence-electron chi connectivity index (χ0n) is 7.53. The summed E-state index contributed by atoms with van der Waals surface area (Å²) in [5, 5.41) is 6.01. The number of hydrogen-bond acceptors (Lipinski definition) is 4. The molecule has 0 radical (unpaired) electrons. The van der Waals surface area contributed by atoms with Gasteiger partial charge >= 0.3 is 0 Å². The number of nitrogens with two attached hydrogens (primary N) is 1. The third-order valence-corrected chi connectivity index (χ3v) is 1.71. The average molecular weight is 197 g/mol. The maximum atomic E-state index is 10.8. The standard InChI is InChI=1S/C8H11N3O3/c1-2-7(12)10-4-5-3-6(8(9)13)11-14-5/h2,5H,1,3-4H2,(H2,9,13)(H,10,12). The van der Waals surface area contributed by atoms with E-state index in [1.165, 1.54) is 0 Å². The first-order valence-corrected chi connectivity index (χ1v) is 4.06. The molecule has 0 aromatic carbocycles. The molecule has 0 aromatic heterocycles. The van der Waals surface area contributed by atoms with Gasteiger partial charge in [0, 0.05) is 6.42 Å². The second kappa shape index (κ2) is 4.40. The van der Waals surface area contributed by atoms with E-state index in [-0.39, 0.29) is 24.3 Å². The molecular weight excluding hydrogens is 186 g/mol. The summed E-state index contributed by atoms with van der Waals surface area (Å²) in [4.78, 5) is 26.3. The number of hydrogen-bond donors (Lipinski definition) is 2. The van der Waals surface area contributed by atoms with Crippen LogP contribution in [0.25, 0.3) is 0 Å². The Bertz CT molecular complexity index is 298. The van der Waals surface area contributed by atoms with E-state index in [4.69, 9.17) is 10.6 Å². The van der Waals surface area contributed by atoms with Crippen LogP contribution in [0, 0.1) is 0 Å². The topological polar surface area (TPSA) is 93.8 Å². The molecule has 1 rings (SSSR count). The Morgan fingerprint density at radius 3 is 3.00 bits per heavy atom. The third-order valence-electron chi connectivity index (χ3n) is 1.71. The van der Waals surface area contributed by atoms with Crippen LogP contribution in [0.2, 0.25) is 0 Å². The van der Waals surface area contributed by atoms with Crippen molar-refractivity contribution in [2.45, 2.75) is 12.5 Å². The van der Waals surface area contributed by atoms with Gasteiger partial charge in [0.15, 0.2) is 6.10 Å². The lowest BCUT2D eigenvalue weighted by Crippen LogP contribution is -2.32. The molecular formula is C8H11N3O3. The first-order valence-electron chi connectivity index (χ1n) is 4.06. The van der Waals surface area contributed by atoms with Gasteiger partial charge in [-0.3, -0.25) is 9.59 Å². The molecule has 14 heavy (non-hydrogen) atoms. The van der Waals surface area contributed by atoms with Gasteiger partial charge in [-0.05, 0) is 6.08 Å². The Balaban J connectivity index is 2.29. The van der Waals surface area contributed by atoms with Crippen LogP contribution in [0.3, 0.4) is 0 Å². The van der Waals surface area contributed by atoms with E-state index in [1.54, 1.807) is 0 Å². The van der Waals surface area contributed by atoms with Crippen molar-refractivity contribution in [3.05, 3.63) is 12.7 Å². The predicted octanol–water partition coefficient (Wildman–Crippen LogP) is -1.08. The van der Waals surface area contributed by atoms with Crippen LogP contribution in [0.4, 0.5) is 0 Å². The molecule has 1 aliphatic heterocycles. The quantitative estimate of drug-likeness (QED) is 0.561. The number of rotatable bonds is 4. The van der Waals surface area contributed by atoms with E-state index in [0.29, 0.717) is 6.42 Å². The number of oxime groups is 1. The van der Waals surface area contributed by atoms with E-state index in [9.17, 15) is 9.59 Å². The second-order valence-corrected chi connectivity index (χ2v) is 2.78. The zero-order chi connectivity index (χ0) is 10.6. The summed E-state index contributed by atoms with van der Waals surface area (Å²) in [6, 6.07) is 0. The maximum Gasteiger partial charge on any atom is 0.266 e. The Labute approximate surface area is 80.8 Å². The molecule has 1 atom stereocenters. The van der Waals surface area contributed by atoms with E-state index in [0.717, 1.165) is 6.08 Å². The van der Waals surface area contributed by atoms with Crippen LogP contribution in [-0.4, -0.2) is 30.2 Å². The molecule has 76 valence electrons. The molecule has 0 aromatic rings. The lowest BCUT2D eigenvalue weighted by molar-refractivity contribution is -0.117. The molecule has 0 bridgehead atoms. The minimum atomic E-state index is -0.595. The van der Waals surface area contributed by atoms with Crippen molar-refractivity contribution in [1.29, 1.82) is 0 Å². The van der Waals surface area contributed by atoms with Gasteiger partial charge in [0.05, 0.1) is 6.54 Å². The number of carbonyl (C=O) groups excluding carboxylic acids is 2. The highest BCUT2D eigenvalue weighted by atomic mass is 16.6. The van der Waals surface area contributed by atoms with E-state index >= 15 is 0 Å². The molecule has 3 N–H and O–H groups in total. The van der Waals surface area contributed by atoms with Crippen molar-refractivity contribution in [3.8, 4) is 0 Å². The van der Waals surface area contributed by atoms with Gasteiger partial charge in [0.25, 0.3) is 5.91 Å². The van der Waals surface area contributed by atoms with Crippen molar-refractivity contribution < 1.29 is 14.4 Å². The fourth-order valence-corrected chi connectivity index (χ4v) is 0.970. The second-order valence-electron chi connectivity index (χ2n) is 2.78. The lowest BCUT2D eigenvalue weighted by Gasteiger charge is -2.07. The van der Waals surface area contributed by atoms with E-state index in [2.05, 4.69) is 17.1 Å². The van der Waals surface area contributed by atoms with Gasteiger partial charge in [-0.1, -0.05) is 11.7 Å². The van der Waals surface area contributed by atoms with Crippen LogP contribution >= 0.6 is 0 Å². The van der Waals surface area contributed by atoms with Crippen molar-refractivity contribution in [3.63, 3.8) is 0 Å². The van der Waals surface area contributed by atoms with Crippen LogP contribution in [-0.2, 0) is 14.4 Å². The molecule has 1 heterocycles. The van der Waals surface area contributed by atoms with E-state index < -0.39 is 5.91 Å². The SMILES string of the molecule is C=CC(=O)NCC1CC(C(N)=O)=NO1. The zero-order valence-corrected chi connectivity index (χ0v) is 7.53. The van der Waals surface area contributed by atoms with Crippen molar-refractivity contribution >= 4 is 17.5 Å². The molecule has 6 heteroatoms. The summed E-state index contributed by atoms with van der Waals surface area (Å²) < 4.78 is 0. The van der Waals surface area contributed by atoms with Crippen LogP contribution < -0.4 is 11.1 Å². The van der Waals surface area contributed by atoms with Gasteiger partial charge in [0.2, 0.25) is 5.91 Å².